The Morgan fingerprint density at radius 2 is 1.32 bits per heavy atom. The Balaban J connectivity index is -0.000000387. The molecule has 2 bridgehead atoms. The van der Waals surface area contributed by atoms with Gasteiger partial charge in [0, 0.05) is 68.5 Å². The number of ether oxygens (including phenoxy) is 2. The molecule has 1 radical (unpaired) electrons. The van der Waals surface area contributed by atoms with Crippen LogP contribution in [0.1, 0.15) is 45.7 Å². The summed E-state index contributed by atoms with van der Waals surface area (Å²) in [5.74, 6) is -2.08. The number of carbonyl (C=O) groups excluding carboxylic acids is 4. The SMILES string of the molecule is CC(=O)OC1(C)OO1.COC(=O)CCCC(=O)NC12C[N-]CC[N-]CC(NC(C)=O)(C[N-]CC[N-]C1)C[N-]CCNC2.[CH3-].[Cu].[HH].[HH].[HH].[HH]. The van der Waals surface area contributed by atoms with Crippen LogP contribution in [-0.2, 0) is 55.5 Å². The van der Waals surface area contributed by atoms with Crippen molar-refractivity contribution in [3.63, 3.8) is 0 Å². The Morgan fingerprint density at radius 3 is 1.75 bits per heavy atom. The minimum Gasteiger partial charge on any atom is -0.662 e. The molecule has 0 aliphatic carbocycles. The summed E-state index contributed by atoms with van der Waals surface area (Å²) in [6.07, 6.45) is 0.847. The maximum absolute atomic E-state index is 12.7. The fourth-order valence-electron chi connectivity index (χ4n) is 4.37. The molecule has 0 saturated carbocycles. The van der Waals surface area contributed by atoms with Gasteiger partial charge in [-0.25, -0.2) is 0 Å². The molecule has 0 aromatic carbocycles. The normalized spacial score (nSPS) is 25.5. The maximum atomic E-state index is 12.7. The molecule has 4 heterocycles. The number of nitrogens with one attached hydrogen (secondary N) is 3. The van der Waals surface area contributed by atoms with Crippen LogP contribution in [0.5, 0.6) is 0 Å². The Morgan fingerprint density at radius 1 is 0.818 bits per heavy atom. The predicted octanol–water partition coefficient (Wildman–Crippen LogP) is 2.16. The minimum atomic E-state index is -1.08. The third kappa shape index (κ3) is 17.5. The largest absolute Gasteiger partial charge is 0.662 e. The minimum absolute atomic E-state index is 0. The Labute approximate surface area is 277 Å². The summed E-state index contributed by atoms with van der Waals surface area (Å²) in [6, 6.07) is 0. The molecule has 0 aromatic rings. The standard InChI is InChI=1S/C22H39N8O4.C4H6O4.CH3.Cu.4H2/c1-18(31)29-21-12-23-6-9-26-15-22(16-27-10-7-24-13-21,17-28-11-8-25-14-21)30-19(32)4-3-5-20(33)34-2;1-3(5)6-4(2)7-8-4;;;;;;/h26H,3-17H2,1-2H3,(H,29,31)(H,30,32);1-2H3;1H3;;4*1H/q-5;;-1;;;;;. The summed E-state index contributed by atoms with van der Waals surface area (Å²) in [7, 11) is 1.34. The van der Waals surface area contributed by atoms with Gasteiger partial charge in [0.05, 0.1) is 7.11 Å². The molecule has 0 spiro atoms. The molecule has 269 valence electrons. The van der Waals surface area contributed by atoms with Crippen LogP contribution >= 0.6 is 0 Å². The second kappa shape index (κ2) is 21.8. The van der Waals surface area contributed by atoms with Crippen LogP contribution in [0.15, 0.2) is 0 Å². The van der Waals surface area contributed by atoms with Gasteiger partial charge in [-0.1, -0.05) is 0 Å². The van der Waals surface area contributed by atoms with Crippen LogP contribution in [0.2, 0.25) is 0 Å². The molecule has 0 atom stereocenters. The van der Waals surface area contributed by atoms with E-state index in [0.29, 0.717) is 85.0 Å². The molecule has 4 saturated heterocycles. The summed E-state index contributed by atoms with van der Waals surface area (Å²) in [6.45, 7) is 10.0. The van der Waals surface area contributed by atoms with Crippen molar-refractivity contribution < 1.29 is 61.2 Å². The van der Waals surface area contributed by atoms with E-state index in [-0.39, 0.29) is 60.8 Å². The molecule has 0 aromatic heterocycles. The van der Waals surface area contributed by atoms with Gasteiger partial charge in [0.1, 0.15) is 0 Å². The molecular weight excluding hydrogens is 628 g/mol. The number of hydrogen-bond donors (Lipinski definition) is 3. The van der Waals surface area contributed by atoms with Gasteiger partial charge >= 0.3 is 17.9 Å². The summed E-state index contributed by atoms with van der Waals surface area (Å²) in [4.78, 5) is 54.6. The number of hydrogen-bond acceptors (Lipinski definition) is 9. The van der Waals surface area contributed by atoms with Crippen LogP contribution < -0.4 is 16.0 Å². The van der Waals surface area contributed by atoms with E-state index < -0.39 is 23.0 Å². The van der Waals surface area contributed by atoms with Crippen LogP contribution in [-0.4, -0.2) is 126 Å². The van der Waals surface area contributed by atoms with Crippen molar-refractivity contribution in [2.45, 2.75) is 57.1 Å². The van der Waals surface area contributed by atoms with E-state index in [2.05, 4.69) is 61.8 Å². The van der Waals surface area contributed by atoms with Crippen LogP contribution in [0.4, 0.5) is 0 Å². The zero-order chi connectivity index (χ0) is 30.9. The Bertz CT molecular complexity index is 857. The van der Waals surface area contributed by atoms with Gasteiger partial charge in [-0.05, 0) is 18.5 Å². The topological polar surface area (TPSA) is 218 Å². The quantitative estimate of drug-likeness (QED) is 0.118. The van der Waals surface area contributed by atoms with Crippen molar-refractivity contribution >= 4 is 23.8 Å². The molecular formula is C27H56CuN8O8-6. The first kappa shape index (κ1) is 42.1. The zero-order valence-electron chi connectivity index (χ0n) is 26.4. The van der Waals surface area contributed by atoms with Crippen molar-refractivity contribution in [2.24, 2.45) is 0 Å². The van der Waals surface area contributed by atoms with E-state index in [0.717, 1.165) is 0 Å². The van der Waals surface area contributed by atoms with Crippen molar-refractivity contribution in [3.8, 4) is 0 Å². The second-order valence-electron chi connectivity index (χ2n) is 10.5. The van der Waals surface area contributed by atoms with Crippen molar-refractivity contribution in [1.82, 2.24) is 16.0 Å². The molecule has 4 aliphatic heterocycles. The summed E-state index contributed by atoms with van der Waals surface area (Å²) >= 11 is 0. The molecule has 17 heteroatoms. The van der Waals surface area contributed by atoms with Gasteiger partial charge in [-0.2, -0.15) is 36.0 Å². The number of methoxy groups -OCH3 is 1. The monoisotopic (exact) mass is 683 g/mol. The number of esters is 2. The van der Waals surface area contributed by atoms with E-state index in [9.17, 15) is 19.2 Å². The zero-order valence-corrected chi connectivity index (χ0v) is 27.4. The first-order valence-corrected chi connectivity index (χ1v) is 14.1. The van der Waals surface area contributed by atoms with Gasteiger partial charge in [0.2, 0.25) is 11.8 Å². The number of rotatable bonds is 7. The number of fused-ring (bicyclic) bond motifs is 15. The van der Waals surface area contributed by atoms with Crippen LogP contribution in [0, 0.1) is 7.43 Å². The molecule has 4 fully saturated rings. The average Bonchev–Trinajstić information content (AvgIpc) is 3.64. The number of nitrogens with zero attached hydrogens (tertiary/aromatic N) is 5. The third-order valence-corrected chi connectivity index (χ3v) is 6.32. The first-order chi connectivity index (χ1) is 20.0. The third-order valence-electron chi connectivity index (χ3n) is 6.32. The first-order valence-electron chi connectivity index (χ1n) is 14.1. The molecule has 0 unspecified atom stereocenters. The molecule has 16 nitrogen and oxygen atoms in total. The van der Waals surface area contributed by atoms with E-state index in [1.54, 1.807) is 0 Å². The predicted molar refractivity (Wildman–Crippen MR) is 169 cm³/mol. The Hall–Kier alpha value is -1.92. The molecule has 4 aliphatic rings. The molecule has 3 N–H and O–H groups in total. The second-order valence-corrected chi connectivity index (χ2v) is 10.5. The summed E-state index contributed by atoms with van der Waals surface area (Å²) in [5, 5.41) is 32.9. The summed E-state index contributed by atoms with van der Waals surface area (Å²) < 4.78 is 9.11. The number of amides is 2. The van der Waals surface area contributed by atoms with E-state index in [1.165, 1.54) is 27.9 Å². The smallest absolute Gasteiger partial charge is 0.380 e. The van der Waals surface area contributed by atoms with Crippen LogP contribution in [0.25, 0.3) is 26.6 Å². The van der Waals surface area contributed by atoms with Gasteiger partial charge in [-0.15, -0.1) is 39.3 Å². The fraction of sp³-hybridized carbons (Fsp3) is 0.815. The average molecular weight is 684 g/mol. The van der Waals surface area contributed by atoms with Crippen molar-refractivity contribution in [2.75, 3.05) is 85.6 Å². The number of carbonyl (C=O) groups is 4. The molecule has 2 amide bonds. The van der Waals surface area contributed by atoms with Gasteiger partial charge < -0.3 is 59.4 Å². The van der Waals surface area contributed by atoms with Gasteiger partial charge in [0.25, 0.3) is 0 Å². The van der Waals surface area contributed by atoms with Crippen molar-refractivity contribution in [3.05, 3.63) is 34.0 Å². The molecule has 44 heavy (non-hydrogen) atoms. The van der Waals surface area contributed by atoms with E-state index in [4.69, 9.17) is 0 Å². The van der Waals surface area contributed by atoms with Crippen molar-refractivity contribution in [1.29, 1.82) is 0 Å². The van der Waals surface area contributed by atoms with Gasteiger partial charge in [0.15, 0.2) is 0 Å². The van der Waals surface area contributed by atoms with E-state index >= 15 is 0 Å². The van der Waals surface area contributed by atoms with Crippen LogP contribution in [0.3, 0.4) is 0 Å². The Kier molecular flexibility index (Phi) is 20.8. The van der Waals surface area contributed by atoms with E-state index in [1.807, 2.05) is 0 Å². The summed E-state index contributed by atoms with van der Waals surface area (Å²) in [5.41, 5.74) is -1.29. The fourth-order valence-corrected chi connectivity index (χ4v) is 4.37. The maximum Gasteiger partial charge on any atom is 0.380 e. The van der Waals surface area contributed by atoms with Gasteiger partial charge in [-0.3, -0.25) is 19.2 Å². The molecule has 4 rings (SSSR count).